The Morgan fingerprint density at radius 2 is 1.95 bits per heavy atom. The van der Waals surface area contributed by atoms with Gasteiger partial charge in [0.1, 0.15) is 0 Å². The van der Waals surface area contributed by atoms with Crippen LogP contribution in [0.1, 0.15) is 0 Å². The number of hydrogen-bond acceptors (Lipinski definition) is 6. The van der Waals surface area contributed by atoms with Crippen molar-refractivity contribution >= 4 is 23.1 Å². The molecule has 1 aromatic carbocycles. The van der Waals surface area contributed by atoms with Gasteiger partial charge < -0.3 is 10.6 Å². The summed E-state index contributed by atoms with van der Waals surface area (Å²) in [5.41, 5.74) is 4.88. The molecular weight excluding hydrogens is 262 g/mol. The predicted octanol–water partition coefficient (Wildman–Crippen LogP) is 1.04. The Hall–Kier alpha value is -2.90. The SMILES string of the molecule is CN(c1ccccc1)c1nc(N)n(C)c(=O)c1[N+](=O)[O-]. The molecule has 0 aliphatic heterocycles. The fraction of sp³-hybridized carbons (Fsp3) is 0.167. The van der Waals surface area contributed by atoms with Crippen LogP contribution < -0.4 is 16.2 Å². The number of nitrogens with zero attached hydrogens (tertiary/aromatic N) is 4. The van der Waals surface area contributed by atoms with Crippen LogP contribution in [0, 0.1) is 10.1 Å². The Balaban J connectivity index is 2.68. The molecular formula is C12H13N5O3. The van der Waals surface area contributed by atoms with Gasteiger partial charge in [-0.15, -0.1) is 0 Å². The smallest absolute Gasteiger partial charge is 0.369 e. The van der Waals surface area contributed by atoms with Gasteiger partial charge in [0.2, 0.25) is 11.8 Å². The third-order valence-electron chi connectivity index (χ3n) is 2.93. The second-order valence-electron chi connectivity index (χ2n) is 4.16. The first-order chi connectivity index (χ1) is 9.43. The topological polar surface area (TPSA) is 107 Å². The van der Waals surface area contributed by atoms with Gasteiger partial charge in [0.25, 0.3) is 0 Å². The molecule has 0 fully saturated rings. The molecule has 0 bridgehead atoms. The number of nitrogens with two attached hydrogens (primary N) is 1. The lowest BCUT2D eigenvalue weighted by atomic mass is 10.3. The van der Waals surface area contributed by atoms with E-state index in [1.807, 2.05) is 6.07 Å². The van der Waals surface area contributed by atoms with Crippen molar-refractivity contribution in [3.63, 3.8) is 0 Å². The van der Waals surface area contributed by atoms with Crippen LogP contribution in [-0.2, 0) is 7.05 Å². The van der Waals surface area contributed by atoms with Crippen molar-refractivity contribution < 1.29 is 4.92 Å². The standard InChI is InChI=1S/C12H13N5O3/c1-15(8-6-4-3-5-7-8)10-9(17(19)20)11(18)16(2)12(13)14-10/h3-7H,1-2H3,(H2,13,14). The highest BCUT2D eigenvalue weighted by Gasteiger charge is 2.27. The van der Waals surface area contributed by atoms with E-state index >= 15 is 0 Å². The number of aromatic nitrogens is 2. The number of para-hydroxylation sites is 1. The summed E-state index contributed by atoms with van der Waals surface area (Å²) >= 11 is 0. The maximum absolute atomic E-state index is 12.0. The third kappa shape index (κ3) is 2.18. The summed E-state index contributed by atoms with van der Waals surface area (Å²) in [6, 6.07) is 8.87. The second-order valence-corrected chi connectivity index (χ2v) is 4.16. The zero-order valence-corrected chi connectivity index (χ0v) is 11.0. The van der Waals surface area contributed by atoms with Crippen molar-refractivity contribution in [3.05, 3.63) is 50.8 Å². The summed E-state index contributed by atoms with van der Waals surface area (Å²) < 4.78 is 0.945. The highest BCUT2D eigenvalue weighted by molar-refractivity contribution is 5.68. The van der Waals surface area contributed by atoms with Gasteiger partial charge in [-0.3, -0.25) is 19.5 Å². The molecule has 0 atom stereocenters. The molecule has 0 amide bonds. The molecule has 0 aliphatic carbocycles. The number of nitro groups is 1. The molecule has 1 heterocycles. The molecule has 0 unspecified atom stereocenters. The molecule has 2 N–H and O–H groups in total. The summed E-state index contributed by atoms with van der Waals surface area (Å²) in [6.07, 6.45) is 0. The van der Waals surface area contributed by atoms with Crippen molar-refractivity contribution in [2.75, 3.05) is 17.7 Å². The fourth-order valence-corrected chi connectivity index (χ4v) is 1.76. The van der Waals surface area contributed by atoms with Crippen molar-refractivity contribution in [2.45, 2.75) is 0 Å². The maximum Gasteiger partial charge on any atom is 0.376 e. The highest BCUT2D eigenvalue weighted by Crippen LogP contribution is 2.28. The van der Waals surface area contributed by atoms with E-state index in [0.717, 1.165) is 4.57 Å². The minimum Gasteiger partial charge on any atom is -0.369 e. The molecule has 0 spiro atoms. The molecule has 2 aromatic rings. The lowest BCUT2D eigenvalue weighted by molar-refractivity contribution is -0.385. The van der Waals surface area contributed by atoms with Crippen LogP contribution in [0.4, 0.5) is 23.1 Å². The largest absolute Gasteiger partial charge is 0.376 e. The lowest BCUT2D eigenvalue weighted by Crippen LogP contribution is -2.27. The van der Waals surface area contributed by atoms with E-state index in [2.05, 4.69) is 4.98 Å². The molecule has 1 aromatic heterocycles. The Morgan fingerprint density at radius 3 is 2.50 bits per heavy atom. The minimum atomic E-state index is -0.791. The Morgan fingerprint density at radius 1 is 1.35 bits per heavy atom. The Labute approximate surface area is 114 Å². The van der Waals surface area contributed by atoms with E-state index in [-0.39, 0.29) is 11.8 Å². The zero-order valence-electron chi connectivity index (χ0n) is 11.0. The normalized spacial score (nSPS) is 10.3. The number of anilines is 3. The monoisotopic (exact) mass is 275 g/mol. The quantitative estimate of drug-likeness (QED) is 0.662. The third-order valence-corrected chi connectivity index (χ3v) is 2.93. The van der Waals surface area contributed by atoms with Crippen LogP contribution >= 0.6 is 0 Å². The van der Waals surface area contributed by atoms with Crippen molar-refractivity contribution in [1.82, 2.24) is 9.55 Å². The van der Waals surface area contributed by atoms with Crippen molar-refractivity contribution in [1.29, 1.82) is 0 Å². The van der Waals surface area contributed by atoms with E-state index in [9.17, 15) is 14.9 Å². The first-order valence-electron chi connectivity index (χ1n) is 5.73. The van der Waals surface area contributed by atoms with Gasteiger partial charge in [-0.25, -0.2) is 0 Å². The molecule has 8 heteroatoms. The summed E-state index contributed by atoms with van der Waals surface area (Å²) in [5, 5.41) is 11.1. The van der Waals surface area contributed by atoms with Gasteiger partial charge in [0, 0.05) is 19.8 Å². The van der Waals surface area contributed by atoms with E-state index in [1.54, 1.807) is 31.3 Å². The molecule has 104 valence electrons. The first kappa shape index (κ1) is 13.5. The Bertz CT molecular complexity index is 711. The molecule has 0 saturated heterocycles. The zero-order chi connectivity index (χ0) is 14.9. The average molecular weight is 275 g/mol. The van der Waals surface area contributed by atoms with Crippen LogP contribution in [0.2, 0.25) is 0 Å². The molecule has 0 saturated carbocycles. The minimum absolute atomic E-state index is 0.0817. The van der Waals surface area contributed by atoms with E-state index < -0.39 is 16.2 Å². The van der Waals surface area contributed by atoms with Crippen LogP contribution in [0.25, 0.3) is 0 Å². The number of benzene rings is 1. The fourth-order valence-electron chi connectivity index (χ4n) is 1.76. The molecule has 8 nitrogen and oxygen atoms in total. The van der Waals surface area contributed by atoms with Gasteiger partial charge in [0.05, 0.1) is 4.92 Å². The lowest BCUT2D eigenvalue weighted by Gasteiger charge is -2.18. The Kier molecular flexibility index (Phi) is 3.38. The van der Waals surface area contributed by atoms with E-state index in [4.69, 9.17) is 5.73 Å². The van der Waals surface area contributed by atoms with Crippen molar-refractivity contribution in [3.8, 4) is 0 Å². The van der Waals surface area contributed by atoms with Crippen LogP contribution in [0.5, 0.6) is 0 Å². The van der Waals surface area contributed by atoms with Gasteiger partial charge in [-0.1, -0.05) is 18.2 Å². The van der Waals surface area contributed by atoms with Crippen LogP contribution in [-0.4, -0.2) is 21.5 Å². The van der Waals surface area contributed by atoms with Gasteiger partial charge in [0.15, 0.2) is 0 Å². The highest BCUT2D eigenvalue weighted by atomic mass is 16.6. The van der Waals surface area contributed by atoms with Gasteiger partial charge >= 0.3 is 11.2 Å². The van der Waals surface area contributed by atoms with Crippen LogP contribution in [0.15, 0.2) is 35.1 Å². The molecule has 20 heavy (non-hydrogen) atoms. The van der Waals surface area contributed by atoms with Crippen molar-refractivity contribution in [2.24, 2.45) is 7.05 Å². The first-order valence-corrected chi connectivity index (χ1v) is 5.73. The predicted molar refractivity (Wildman–Crippen MR) is 75.0 cm³/mol. The number of hydrogen-bond donors (Lipinski definition) is 1. The molecule has 0 radical (unpaired) electrons. The summed E-state index contributed by atoms with van der Waals surface area (Å²) in [7, 11) is 2.92. The average Bonchev–Trinajstić information content (AvgIpc) is 2.44. The van der Waals surface area contributed by atoms with Crippen LogP contribution in [0.3, 0.4) is 0 Å². The molecule has 2 rings (SSSR count). The van der Waals surface area contributed by atoms with E-state index in [1.165, 1.54) is 11.9 Å². The number of rotatable bonds is 3. The summed E-state index contributed by atoms with van der Waals surface area (Å²) in [6.45, 7) is 0. The molecule has 0 aliphatic rings. The summed E-state index contributed by atoms with van der Waals surface area (Å²) in [5.74, 6) is -0.166. The maximum atomic E-state index is 12.0. The van der Waals surface area contributed by atoms with Gasteiger partial charge in [-0.05, 0) is 12.1 Å². The second kappa shape index (κ2) is 5.00. The number of nitrogen functional groups attached to an aromatic ring is 1. The van der Waals surface area contributed by atoms with E-state index in [0.29, 0.717) is 5.69 Å². The van der Waals surface area contributed by atoms with Gasteiger partial charge in [-0.2, -0.15) is 4.98 Å². The summed E-state index contributed by atoms with van der Waals surface area (Å²) in [4.78, 5) is 27.8.